The number of nitrogens with zero attached hydrogens (tertiary/aromatic N) is 4. The lowest BCUT2D eigenvalue weighted by Gasteiger charge is -2.28. The van der Waals surface area contributed by atoms with Crippen LogP contribution in [0.5, 0.6) is 5.88 Å². The number of hydrogen-bond acceptors (Lipinski definition) is 6. The monoisotopic (exact) mass is 541 g/mol. The normalized spacial score (nSPS) is 18.6. The van der Waals surface area contributed by atoms with Crippen LogP contribution in [0.3, 0.4) is 0 Å². The average molecular weight is 542 g/mol. The fraction of sp³-hybridized carbons (Fsp3) is 0.393. The number of nitrogen functional groups attached to an aromatic ring is 1. The number of anilines is 1. The number of benzene rings is 2. The van der Waals surface area contributed by atoms with Gasteiger partial charge in [0.2, 0.25) is 0 Å². The number of carbonyl (C=O) groups is 1. The van der Waals surface area contributed by atoms with E-state index in [2.05, 4.69) is 14.9 Å². The molecule has 2 N–H and O–H groups in total. The molecular formula is C28H30ClF2N5O2. The summed E-state index contributed by atoms with van der Waals surface area (Å²) in [5.41, 5.74) is 7.49. The van der Waals surface area contributed by atoms with Crippen LogP contribution in [0.1, 0.15) is 54.6 Å². The Morgan fingerprint density at radius 3 is 2.71 bits per heavy atom. The lowest BCUT2D eigenvalue weighted by atomic mass is 10.1. The van der Waals surface area contributed by atoms with Crippen molar-refractivity contribution >= 4 is 23.3 Å². The molecule has 1 aromatic heterocycles. The highest BCUT2D eigenvalue weighted by Gasteiger charge is 2.31. The van der Waals surface area contributed by atoms with E-state index in [9.17, 15) is 13.6 Å². The third-order valence-electron chi connectivity index (χ3n) is 7.25. The molecule has 10 heteroatoms. The molecule has 0 spiro atoms. The second-order valence-corrected chi connectivity index (χ2v) is 10.2. The van der Waals surface area contributed by atoms with Crippen LogP contribution in [0.25, 0.3) is 11.3 Å². The number of rotatable bonds is 7. The Kier molecular flexibility index (Phi) is 7.76. The molecule has 2 aliphatic rings. The topological polar surface area (TPSA) is 84.6 Å². The SMILES string of the molecule is CC(Oc1nc(-c2cccc(C(=O)N3CCC[C@H]3CN3CCCC3)c2)cnc1N)c1c(F)ccc(F)c1Cl. The summed E-state index contributed by atoms with van der Waals surface area (Å²) in [5.74, 6) is -1.52. The summed E-state index contributed by atoms with van der Waals surface area (Å²) >= 11 is 5.98. The van der Waals surface area contributed by atoms with Crippen LogP contribution in [-0.2, 0) is 0 Å². The molecule has 0 radical (unpaired) electrons. The van der Waals surface area contributed by atoms with Gasteiger partial charge >= 0.3 is 0 Å². The molecule has 2 fully saturated rings. The Morgan fingerprint density at radius 1 is 1.16 bits per heavy atom. The molecule has 2 aliphatic heterocycles. The van der Waals surface area contributed by atoms with Gasteiger partial charge < -0.3 is 20.3 Å². The van der Waals surface area contributed by atoms with Crippen LogP contribution in [0.2, 0.25) is 5.02 Å². The van der Waals surface area contributed by atoms with Gasteiger partial charge in [-0.1, -0.05) is 23.7 Å². The van der Waals surface area contributed by atoms with E-state index >= 15 is 0 Å². The van der Waals surface area contributed by atoms with Crippen molar-refractivity contribution in [1.29, 1.82) is 0 Å². The number of carbonyl (C=O) groups excluding carboxylic acids is 1. The van der Waals surface area contributed by atoms with E-state index in [4.69, 9.17) is 22.1 Å². The summed E-state index contributed by atoms with van der Waals surface area (Å²) in [5, 5.41) is -0.364. The Bertz CT molecular complexity index is 1330. The van der Waals surface area contributed by atoms with E-state index in [1.807, 2.05) is 11.0 Å². The second-order valence-electron chi connectivity index (χ2n) is 9.85. The molecule has 7 nitrogen and oxygen atoms in total. The Balaban J connectivity index is 1.36. The molecule has 1 unspecified atom stereocenters. The van der Waals surface area contributed by atoms with E-state index in [1.165, 1.54) is 26.0 Å². The van der Waals surface area contributed by atoms with Crippen LogP contribution in [0, 0.1) is 11.6 Å². The average Bonchev–Trinajstić information content (AvgIpc) is 3.60. The smallest absolute Gasteiger partial charge is 0.258 e. The summed E-state index contributed by atoms with van der Waals surface area (Å²) in [7, 11) is 0. The highest BCUT2D eigenvalue weighted by Crippen LogP contribution is 2.33. The Hall–Kier alpha value is -3.30. The molecule has 38 heavy (non-hydrogen) atoms. The number of halogens is 3. The minimum atomic E-state index is -0.985. The zero-order chi connectivity index (χ0) is 26.8. The minimum absolute atomic E-state index is 0.00160. The molecule has 0 bridgehead atoms. The van der Waals surface area contributed by atoms with Gasteiger partial charge in [0.25, 0.3) is 11.8 Å². The van der Waals surface area contributed by atoms with E-state index in [-0.39, 0.29) is 34.2 Å². The molecule has 2 atom stereocenters. The Labute approximate surface area is 225 Å². The molecule has 0 aliphatic carbocycles. The van der Waals surface area contributed by atoms with Crippen molar-refractivity contribution < 1.29 is 18.3 Å². The first-order valence-corrected chi connectivity index (χ1v) is 13.3. The van der Waals surface area contributed by atoms with E-state index in [0.29, 0.717) is 16.8 Å². The lowest BCUT2D eigenvalue weighted by Crippen LogP contribution is -2.42. The lowest BCUT2D eigenvalue weighted by molar-refractivity contribution is 0.0709. The molecular weight excluding hydrogens is 512 g/mol. The number of hydrogen-bond donors (Lipinski definition) is 1. The maximum atomic E-state index is 14.4. The Morgan fingerprint density at radius 2 is 1.92 bits per heavy atom. The standard InChI is InChI=1S/C28H30ClF2N5O2/c1-17(24-21(30)9-10-22(31)25(24)29)38-27-26(32)33-15-23(34-27)18-6-4-7-19(14-18)28(37)36-13-5-8-20(36)16-35-11-2-3-12-35/h4,6-7,9-10,14-15,17,20H,2-3,5,8,11-13,16H2,1H3,(H2,32,33)/t17?,20-/m0/s1. The van der Waals surface area contributed by atoms with Crippen LogP contribution >= 0.6 is 11.6 Å². The van der Waals surface area contributed by atoms with Crippen LogP contribution < -0.4 is 10.5 Å². The highest BCUT2D eigenvalue weighted by atomic mass is 35.5. The zero-order valence-corrected chi connectivity index (χ0v) is 21.9. The van der Waals surface area contributed by atoms with Gasteiger partial charge in [-0.15, -0.1) is 0 Å². The van der Waals surface area contributed by atoms with Gasteiger partial charge in [0.1, 0.15) is 17.7 Å². The summed E-state index contributed by atoms with van der Waals surface area (Å²) in [6.07, 6.45) is 4.96. The van der Waals surface area contributed by atoms with Gasteiger partial charge in [-0.05, 0) is 70.0 Å². The quantitative estimate of drug-likeness (QED) is 0.398. The largest absolute Gasteiger partial charge is 0.467 e. The number of amides is 1. The molecule has 2 saturated heterocycles. The number of likely N-dealkylation sites (tertiary alicyclic amines) is 2. The van der Waals surface area contributed by atoms with Crippen molar-refractivity contribution in [3.8, 4) is 17.1 Å². The number of ether oxygens (including phenoxy) is 1. The molecule has 2 aromatic carbocycles. The highest BCUT2D eigenvalue weighted by molar-refractivity contribution is 6.31. The third kappa shape index (κ3) is 5.44. The van der Waals surface area contributed by atoms with Gasteiger partial charge in [-0.25, -0.2) is 18.7 Å². The first kappa shape index (κ1) is 26.3. The molecule has 1 amide bonds. The van der Waals surface area contributed by atoms with Crippen molar-refractivity contribution in [3.05, 3.63) is 70.4 Å². The van der Waals surface area contributed by atoms with Crippen LogP contribution in [-0.4, -0.2) is 57.9 Å². The van der Waals surface area contributed by atoms with Gasteiger partial charge in [-0.3, -0.25) is 4.79 Å². The predicted octanol–water partition coefficient (Wildman–Crippen LogP) is 5.50. The van der Waals surface area contributed by atoms with Crippen molar-refractivity contribution in [2.75, 3.05) is 31.9 Å². The summed E-state index contributed by atoms with van der Waals surface area (Å²) in [4.78, 5) is 26.6. The maximum absolute atomic E-state index is 14.4. The van der Waals surface area contributed by atoms with Gasteiger partial charge in [-0.2, -0.15) is 0 Å². The van der Waals surface area contributed by atoms with E-state index < -0.39 is 17.7 Å². The molecule has 0 saturated carbocycles. The summed E-state index contributed by atoms with van der Waals surface area (Å²) in [6.45, 7) is 5.39. The minimum Gasteiger partial charge on any atom is -0.467 e. The van der Waals surface area contributed by atoms with E-state index in [0.717, 1.165) is 51.2 Å². The van der Waals surface area contributed by atoms with Crippen molar-refractivity contribution in [1.82, 2.24) is 19.8 Å². The molecule has 3 aromatic rings. The summed E-state index contributed by atoms with van der Waals surface area (Å²) < 4.78 is 34.1. The first-order valence-electron chi connectivity index (χ1n) is 12.9. The van der Waals surface area contributed by atoms with E-state index in [1.54, 1.807) is 18.2 Å². The van der Waals surface area contributed by atoms with Gasteiger partial charge in [0.05, 0.1) is 16.9 Å². The predicted molar refractivity (Wildman–Crippen MR) is 142 cm³/mol. The number of aromatic nitrogens is 2. The van der Waals surface area contributed by atoms with Crippen molar-refractivity contribution in [3.63, 3.8) is 0 Å². The second kappa shape index (κ2) is 11.2. The maximum Gasteiger partial charge on any atom is 0.258 e. The van der Waals surface area contributed by atoms with Crippen molar-refractivity contribution in [2.24, 2.45) is 0 Å². The fourth-order valence-corrected chi connectivity index (χ4v) is 5.59. The summed E-state index contributed by atoms with van der Waals surface area (Å²) in [6, 6.07) is 9.36. The fourth-order valence-electron chi connectivity index (χ4n) is 5.28. The zero-order valence-electron chi connectivity index (χ0n) is 21.2. The molecule has 5 rings (SSSR count). The third-order valence-corrected chi connectivity index (χ3v) is 7.64. The van der Waals surface area contributed by atoms with Crippen LogP contribution in [0.4, 0.5) is 14.6 Å². The molecule has 200 valence electrons. The molecule has 3 heterocycles. The van der Waals surface area contributed by atoms with Crippen LogP contribution in [0.15, 0.2) is 42.6 Å². The number of nitrogens with two attached hydrogens (primary N) is 1. The first-order chi connectivity index (χ1) is 18.3. The van der Waals surface area contributed by atoms with Gasteiger partial charge in [0, 0.05) is 35.8 Å². The van der Waals surface area contributed by atoms with Crippen molar-refractivity contribution in [2.45, 2.75) is 44.8 Å². The van der Waals surface area contributed by atoms with Gasteiger partial charge in [0.15, 0.2) is 5.82 Å².